The predicted octanol–water partition coefficient (Wildman–Crippen LogP) is 4.78. The number of nitrogens with zero attached hydrogens (tertiary/aromatic N) is 3. The molecule has 0 saturated heterocycles. The normalized spacial score (nSPS) is 10.8. The van der Waals surface area contributed by atoms with E-state index >= 15 is 0 Å². The number of hydrogen-bond donors (Lipinski definition) is 1. The molecule has 3 aromatic rings. The second-order valence-electron chi connectivity index (χ2n) is 3.82. The fourth-order valence-corrected chi connectivity index (χ4v) is 3.22. The molecular weight excluding hydrogens is 439 g/mol. The largest absolute Gasteiger partial charge is 0.340 e. The molecule has 0 bridgehead atoms. The van der Waals surface area contributed by atoms with E-state index in [2.05, 4.69) is 52.5 Å². The number of pyridine rings is 1. The molecule has 0 saturated carbocycles. The summed E-state index contributed by atoms with van der Waals surface area (Å²) < 4.78 is 2.90. The van der Waals surface area contributed by atoms with E-state index in [4.69, 9.17) is 0 Å². The molecule has 0 unspecified atom stereocenters. The minimum atomic E-state index is 0.813. The Bertz CT molecular complexity index is 713. The van der Waals surface area contributed by atoms with Gasteiger partial charge in [0.1, 0.15) is 16.9 Å². The van der Waals surface area contributed by atoms with Crippen LogP contribution in [0.25, 0.3) is 11.0 Å². The van der Waals surface area contributed by atoms with Gasteiger partial charge in [-0.05, 0) is 36.4 Å². The Kier molecular flexibility index (Phi) is 3.94. The van der Waals surface area contributed by atoms with Gasteiger partial charge >= 0.3 is 0 Å². The van der Waals surface area contributed by atoms with Crippen LogP contribution in [0, 0.1) is 0 Å². The lowest BCUT2D eigenvalue weighted by Gasteiger charge is -2.05. The average molecular weight is 447 g/mol. The highest BCUT2D eigenvalue weighted by molar-refractivity contribution is 14.2. The van der Waals surface area contributed by atoms with E-state index < -0.39 is 0 Å². The third-order valence-corrected chi connectivity index (χ3v) is 4.65. The first-order chi connectivity index (χ1) is 9.26. The van der Waals surface area contributed by atoms with Crippen LogP contribution in [0.2, 0.25) is 0 Å². The zero-order chi connectivity index (χ0) is 13.2. The van der Waals surface area contributed by atoms with Crippen LogP contribution < -0.4 is 5.32 Å². The van der Waals surface area contributed by atoms with Gasteiger partial charge < -0.3 is 5.32 Å². The first-order valence-electron chi connectivity index (χ1n) is 5.43. The quantitative estimate of drug-likeness (QED) is 0.587. The van der Waals surface area contributed by atoms with Gasteiger partial charge in [-0.15, -0.1) is 0 Å². The fraction of sp³-hybridized carbons (Fsp3) is 0. The SMILES string of the molecule is Brc1ccc(Nc2ccc3c(cnn3SI)n2)cc1. The van der Waals surface area contributed by atoms with Gasteiger partial charge in [0.2, 0.25) is 0 Å². The number of nitrogens with one attached hydrogen (secondary N) is 1. The van der Waals surface area contributed by atoms with E-state index in [1.165, 1.54) is 9.12 Å². The van der Waals surface area contributed by atoms with E-state index in [0.717, 1.165) is 27.0 Å². The van der Waals surface area contributed by atoms with Gasteiger partial charge in [0.25, 0.3) is 0 Å². The van der Waals surface area contributed by atoms with E-state index in [1.807, 2.05) is 40.5 Å². The number of halogens is 2. The lowest BCUT2D eigenvalue weighted by molar-refractivity contribution is 1.05. The maximum atomic E-state index is 4.54. The van der Waals surface area contributed by atoms with E-state index in [0.29, 0.717) is 0 Å². The highest BCUT2D eigenvalue weighted by Crippen LogP contribution is 2.24. The highest BCUT2D eigenvalue weighted by atomic mass is 127. The Morgan fingerprint density at radius 2 is 1.95 bits per heavy atom. The average Bonchev–Trinajstić information content (AvgIpc) is 2.83. The van der Waals surface area contributed by atoms with E-state index in [9.17, 15) is 0 Å². The number of anilines is 2. The number of aromatic nitrogens is 3. The molecule has 7 heteroatoms. The maximum Gasteiger partial charge on any atom is 0.131 e. The summed E-state index contributed by atoms with van der Waals surface area (Å²) in [6.45, 7) is 0. The molecular formula is C12H8BrIN4S. The van der Waals surface area contributed by atoms with Crippen LogP contribution in [-0.2, 0) is 0 Å². The van der Waals surface area contributed by atoms with Crippen LogP contribution in [0.4, 0.5) is 11.5 Å². The molecule has 0 radical (unpaired) electrons. The summed E-state index contributed by atoms with van der Waals surface area (Å²) in [6.07, 6.45) is 1.77. The second-order valence-corrected chi connectivity index (χ2v) is 6.40. The van der Waals surface area contributed by atoms with Crippen LogP contribution >= 0.6 is 46.3 Å². The molecule has 2 heterocycles. The molecule has 1 N–H and O–H groups in total. The summed E-state index contributed by atoms with van der Waals surface area (Å²) >= 11 is 5.61. The first-order valence-corrected chi connectivity index (χ1v) is 9.53. The van der Waals surface area contributed by atoms with Crippen LogP contribution in [0.3, 0.4) is 0 Å². The Labute approximate surface area is 134 Å². The fourth-order valence-electron chi connectivity index (χ4n) is 1.70. The molecule has 3 rings (SSSR count). The zero-order valence-electron chi connectivity index (χ0n) is 9.55. The number of rotatable bonds is 3. The van der Waals surface area contributed by atoms with Crippen molar-refractivity contribution in [2.24, 2.45) is 0 Å². The molecule has 0 aliphatic rings. The number of hydrogen-bond acceptors (Lipinski definition) is 4. The van der Waals surface area contributed by atoms with Crippen molar-refractivity contribution < 1.29 is 0 Å². The molecule has 19 heavy (non-hydrogen) atoms. The van der Waals surface area contributed by atoms with Crippen molar-refractivity contribution in [1.82, 2.24) is 14.2 Å². The smallest absolute Gasteiger partial charge is 0.131 e. The van der Waals surface area contributed by atoms with Crippen LogP contribution in [0.1, 0.15) is 0 Å². The monoisotopic (exact) mass is 446 g/mol. The molecule has 4 nitrogen and oxygen atoms in total. The second kappa shape index (κ2) is 5.68. The Hall–Kier alpha value is -0.800. The summed E-state index contributed by atoms with van der Waals surface area (Å²) in [5.41, 5.74) is 2.90. The standard InChI is InChI=1S/C12H8BrIN4S/c13-8-1-3-9(4-2-8)16-12-6-5-11-10(17-12)7-15-18(11)19-14/h1-7H,(H,16,17). The molecule has 0 fully saturated rings. The summed E-state index contributed by atoms with van der Waals surface area (Å²) in [4.78, 5) is 4.54. The third-order valence-electron chi connectivity index (χ3n) is 2.58. The predicted molar refractivity (Wildman–Crippen MR) is 92.0 cm³/mol. The van der Waals surface area contributed by atoms with Crippen LogP contribution in [0.5, 0.6) is 0 Å². The summed E-state index contributed by atoms with van der Waals surface area (Å²) in [7, 11) is 1.53. The van der Waals surface area contributed by atoms with Crippen molar-refractivity contribution in [2.75, 3.05) is 5.32 Å². The Balaban J connectivity index is 1.91. The maximum absolute atomic E-state index is 4.54. The summed E-state index contributed by atoms with van der Waals surface area (Å²) in [6, 6.07) is 12.0. The van der Waals surface area contributed by atoms with E-state index in [-0.39, 0.29) is 0 Å². The van der Waals surface area contributed by atoms with Gasteiger partial charge in [-0.1, -0.05) is 15.9 Å². The Morgan fingerprint density at radius 3 is 2.68 bits per heavy atom. The minimum absolute atomic E-state index is 0.813. The molecule has 0 aliphatic heterocycles. The van der Waals surface area contributed by atoms with Gasteiger partial charge in [-0.2, -0.15) is 9.19 Å². The lowest BCUT2D eigenvalue weighted by atomic mass is 10.3. The Morgan fingerprint density at radius 1 is 1.16 bits per heavy atom. The van der Waals surface area contributed by atoms with Crippen molar-refractivity contribution in [3.05, 3.63) is 47.1 Å². The van der Waals surface area contributed by atoms with Gasteiger partial charge in [0, 0.05) is 40.5 Å². The number of fused-ring (bicyclic) bond motifs is 1. The molecule has 2 aromatic heterocycles. The van der Waals surface area contributed by atoms with Gasteiger partial charge in [-0.3, -0.25) is 0 Å². The molecule has 96 valence electrons. The molecule has 0 aliphatic carbocycles. The molecule has 1 aromatic carbocycles. The number of benzene rings is 1. The van der Waals surface area contributed by atoms with Gasteiger partial charge in [0.15, 0.2) is 0 Å². The molecule has 0 spiro atoms. The first kappa shape index (κ1) is 13.2. The van der Waals surface area contributed by atoms with Gasteiger partial charge in [-0.25, -0.2) is 4.98 Å². The van der Waals surface area contributed by atoms with Gasteiger partial charge in [0.05, 0.1) is 6.20 Å². The van der Waals surface area contributed by atoms with E-state index in [1.54, 1.807) is 6.20 Å². The summed E-state index contributed by atoms with van der Waals surface area (Å²) in [5, 5.41) is 7.52. The minimum Gasteiger partial charge on any atom is -0.340 e. The van der Waals surface area contributed by atoms with Crippen molar-refractivity contribution in [1.29, 1.82) is 0 Å². The van der Waals surface area contributed by atoms with Crippen LogP contribution in [0.15, 0.2) is 47.1 Å². The zero-order valence-corrected chi connectivity index (χ0v) is 14.1. The van der Waals surface area contributed by atoms with Crippen molar-refractivity contribution in [3.8, 4) is 0 Å². The molecule has 0 amide bonds. The topological polar surface area (TPSA) is 42.7 Å². The third kappa shape index (κ3) is 2.87. The highest BCUT2D eigenvalue weighted by Gasteiger charge is 2.05. The van der Waals surface area contributed by atoms with Crippen molar-refractivity contribution in [2.45, 2.75) is 0 Å². The molecule has 0 atom stereocenters. The van der Waals surface area contributed by atoms with Crippen LogP contribution in [-0.4, -0.2) is 14.2 Å². The summed E-state index contributed by atoms with van der Waals surface area (Å²) in [5.74, 6) is 0.813. The lowest BCUT2D eigenvalue weighted by Crippen LogP contribution is -1.93. The van der Waals surface area contributed by atoms with Crippen molar-refractivity contribution >= 4 is 68.8 Å². The van der Waals surface area contributed by atoms with Crippen molar-refractivity contribution in [3.63, 3.8) is 0 Å².